The van der Waals surface area contributed by atoms with E-state index in [1.807, 2.05) is 0 Å². The van der Waals surface area contributed by atoms with Crippen LogP contribution in [-0.2, 0) is 38.5 Å². The summed E-state index contributed by atoms with van der Waals surface area (Å²) in [5.41, 5.74) is 19.2. The van der Waals surface area contributed by atoms with Crippen molar-refractivity contribution in [2.75, 3.05) is 0 Å². The van der Waals surface area contributed by atoms with Crippen LogP contribution in [0.2, 0.25) is 0 Å². The summed E-state index contributed by atoms with van der Waals surface area (Å²) < 4.78 is 0. The molecule has 0 amide bonds. The van der Waals surface area contributed by atoms with Crippen LogP contribution in [-0.4, -0.2) is 0 Å². The lowest BCUT2D eigenvalue weighted by Crippen LogP contribution is -1.94. The summed E-state index contributed by atoms with van der Waals surface area (Å²) in [6.45, 7) is 9.08. The summed E-state index contributed by atoms with van der Waals surface area (Å²) in [5.74, 6) is 0. The lowest BCUT2D eigenvalue weighted by molar-refractivity contribution is 0.795. The fourth-order valence-electron chi connectivity index (χ4n) is 8.19. The van der Waals surface area contributed by atoms with Crippen molar-refractivity contribution in [1.29, 1.82) is 0 Å². The molecule has 58 heavy (non-hydrogen) atoms. The zero-order valence-corrected chi connectivity index (χ0v) is 36.2. The molecule has 0 unspecified atom stereocenters. The predicted octanol–water partition coefficient (Wildman–Crippen LogP) is 16.8. The Hall–Kier alpha value is -4.94. The van der Waals surface area contributed by atoms with E-state index in [0.29, 0.717) is 0 Å². The van der Waals surface area contributed by atoms with Gasteiger partial charge in [0.1, 0.15) is 0 Å². The molecule has 0 heteroatoms. The smallest absolute Gasteiger partial charge is 0.0151 e. The van der Waals surface area contributed by atoms with Gasteiger partial charge in [0, 0.05) is 0 Å². The maximum atomic E-state index is 2.46. The number of hydrogen-bond acceptors (Lipinski definition) is 0. The Bertz CT molecular complexity index is 1970. The molecule has 0 N–H and O–H groups in total. The summed E-state index contributed by atoms with van der Waals surface area (Å²) in [6, 6.07) is 51.6. The van der Waals surface area contributed by atoms with Crippen molar-refractivity contribution in [3.05, 3.63) is 179 Å². The SMILES string of the molecule is CCCCc1ccc(-c2ccc(-c3ccc(CCCC)cc3)c(CC/C=C/CCc3cc(-c4ccc(CCCC)cc4)ccc3-c3ccc(CCCC)cc3)c2)cc1. The second kappa shape index (κ2) is 22.9. The van der Waals surface area contributed by atoms with E-state index in [1.165, 1.54) is 129 Å². The van der Waals surface area contributed by atoms with Gasteiger partial charge in [-0.1, -0.05) is 199 Å². The third-order valence-electron chi connectivity index (χ3n) is 11.9. The second-order valence-corrected chi connectivity index (χ2v) is 16.5. The van der Waals surface area contributed by atoms with Gasteiger partial charge < -0.3 is 0 Å². The average Bonchev–Trinajstić information content (AvgIpc) is 3.28. The van der Waals surface area contributed by atoms with E-state index < -0.39 is 0 Å². The Morgan fingerprint density at radius 2 is 0.569 bits per heavy atom. The summed E-state index contributed by atoms with van der Waals surface area (Å²) in [5, 5.41) is 0. The molecule has 6 rings (SSSR count). The lowest BCUT2D eigenvalue weighted by Gasteiger charge is -2.14. The first kappa shape index (κ1) is 42.7. The molecule has 300 valence electrons. The highest BCUT2D eigenvalue weighted by molar-refractivity contribution is 5.75. The average molecular weight is 765 g/mol. The molecule has 0 aliphatic rings. The van der Waals surface area contributed by atoms with Crippen molar-refractivity contribution in [1.82, 2.24) is 0 Å². The number of unbranched alkanes of at least 4 members (excludes halogenated alkanes) is 4. The fourth-order valence-corrected chi connectivity index (χ4v) is 8.19. The normalized spacial score (nSPS) is 11.4. The number of hydrogen-bond donors (Lipinski definition) is 0. The Labute approximate surface area is 352 Å². The molecular formula is C58H68. The van der Waals surface area contributed by atoms with Crippen LogP contribution >= 0.6 is 0 Å². The van der Waals surface area contributed by atoms with Gasteiger partial charge >= 0.3 is 0 Å². The van der Waals surface area contributed by atoms with Crippen LogP contribution in [0.3, 0.4) is 0 Å². The highest BCUT2D eigenvalue weighted by Crippen LogP contribution is 2.33. The largest absolute Gasteiger partial charge is 0.0882 e. The molecule has 0 spiro atoms. The molecule has 6 aromatic carbocycles. The zero-order chi connectivity index (χ0) is 40.4. The van der Waals surface area contributed by atoms with E-state index in [-0.39, 0.29) is 0 Å². The van der Waals surface area contributed by atoms with Crippen LogP contribution in [0.5, 0.6) is 0 Å². The van der Waals surface area contributed by atoms with E-state index in [4.69, 9.17) is 0 Å². The summed E-state index contributed by atoms with van der Waals surface area (Å²) in [7, 11) is 0. The Morgan fingerprint density at radius 1 is 0.293 bits per heavy atom. The third kappa shape index (κ3) is 12.3. The molecule has 0 nitrogen and oxygen atoms in total. The van der Waals surface area contributed by atoms with Crippen molar-refractivity contribution in [3.63, 3.8) is 0 Å². The molecule has 0 bridgehead atoms. The summed E-state index contributed by atoms with van der Waals surface area (Å²) in [6.07, 6.45) is 23.5. The van der Waals surface area contributed by atoms with Crippen LogP contribution in [0.1, 0.15) is 125 Å². The van der Waals surface area contributed by atoms with Gasteiger partial charge in [-0.3, -0.25) is 0 Å². The summed E-state index contributed by atoms with van der Waals surface area (Å²) in [4.78, 5) is 0. The van der Waals surface area contributed by atoms with Crippen LogP contribution in [0, 0.1) is 0 Å². The number of benzene rings is 6. The molecule has 0 heterocycles. The standard InChI is InChI=1S/C58H68/c1-5-9-17-45-23-31-49(32-24-45)53-39-41-57(51-35-27-47(28-36-51)19-11-7-3)55(43-53)21-15-13-14-16-22-56-44-54(50-33-25-46(26-34-50)18-10-6-2)40-42-58(56)52-37-29-48(30-38-52)20-12-8-4/h13-14,23-44H,5-12,15-22H2,1-4H3/b14-13+. The quantitative estimate of drug-likeness (QED) is 0.0604. The topological polar surface area (TPSA) is 0 Å². The minimum atomic E-state index is 1.02. The van der Waals surface area contributed by atoms with Gasteiger partial charge in [0.2, 0.25) is 0 Å². The number of aryl methyl sites for hydroxylation is 6. The van der Waals surface area contributed by atoms with Crippen molar-refractivity contribution in [3.8, 4) is 44.5 Å². The third-order valence-corrected chi connectivity index (χ3v) is 11.9. The van der Waals surface area contributed by atoms with Gasteiger partial charge in [-0.05, 0) is 155 Å². The molecule has 0 aliphatic carbocycles. The van der Waals surface area contributed by atoms with Gasteiger partial charge in [-0.15, -0.1) is 0 Å². The van der Waals surface area contributed by atoms with Crippen molar-refractivity contribution >= 4 is 0 Å². The molecule has 6 aromatic rings. The molecule has 0 radical (unpaired) electrons. The van der Waals surface area contributed by atoms with Gasteiger partial charge in [-0.25, -0.2) is 0 Å². The van der Waals surface area contributed by atoms with Gasteiger partial charge in [0.25, 0.3) is 0 Å². The predicted molar refractivity (Wildman–Crippen MR) is 255 cm³/mol. The number of allylic oxidation sites excluding steroid dienone is 2. The van der Waals surface area contributed by atoms with E-state index in [9.17, 15) is 0 Å². The van der Waals surface area contributed by atoms with Crippen LogP contribution < -0.4 is 0 Å². The van der Waals surface area contributed by atoms with Gasteiger partial charge in [0.15, 0.2) is 0 Å². The first-order chi connectivity index (χ1) is 28.6. The maximum Gasteiger partial charge on any atom is -0.0151 e. The fraction of sp³-hybridized carbons (Fsp3) is 0.345. The van der Waals surface area contributed by atoms with E-state index >= 15 is 0 Å². The molecule has 0 fully saturated rings. The highest BCUT2D eigenvalue weighted by Gasteiger charge is 2.11. The second-order valence-electron chi connectivity index (χ2n) is 16.5. The van der Waals surface area contributed by atoms with Crippen molar-refractivity contribution in [2.45, 2.75) is 130 Å². The van der Waals surface area contributed by atoms with E-state index in [1.54, 1.807) is 0 Å². The molecule has 0 saturated heterocycles. The van der Waals surface area contributed by atoms with E-state index in [2.05, 4.69) is 173 Å². The molecule has 0 atom stereocenters. The number of rotatable bonds is 22. The minimum absolute atomic E-state index is 1.02. The molecule has 0 aliphatic heterocycles. The molecule has 0 saturated carbocycles. The van der Waals surface area contributed by atoms with Crippen molar-refractivity contribution in [2.24, 2.45) is 0 Å². The molecule has 0 aromatic heterocycles. The Morgan fingerprint density at radius 3 is 0.862 bits per heavy atom. The lowest BCUT2D eigenvalue weighted by atomic mass is 9.91. The van der Waals surface area contributed by atoms with Gasteiger partial charge in [-0.2, -0.15) is 0 Å². The van der Waals surface area contributed by atoms with Crippen LogP contribution in [0.15, 0.2) is 146 Å². The van der Waals surface area contributed by atoms with E-state index in [0.717, 1.165) is 51.4 Å². The molecular weight excluding hydrogens is 697 g/mol. The van der Waals surface area contributed by atoms with Gasteiger partial charge in [0.05, 0.1) is 0 Å². The Kier molecular flexibility index (Phi) is 16.8. The van der Waals surface area contributed by atoms with Crippen LogP contribution in [0.4, 0.5) is 0 Å². The first-order valence-corrected chi connectivity index (χ1v) is 22.9. The maximum absolute atomic E-state index is 2.46. The minimum Gasteiger partial charge on any atom is -0.0882 e. The summed E-state index contributed by atoms with van der Waals surface area (Å²) >= 11 is 0. The zero-order valence-electron chi connectivity index (χ0n) is 36.2. The van der Waals surface area contributed by atoms with Crippen molar-refractivity contribution < 1.29 is 0 Å². The highest BCUT2D eigenvalue weighted by atomic mass is 14.2. The van der Waals surface area contributed by atoms with Crippen LogP contribution in [0.25, 0.3) is 44.5 Å². The monoisotopic (exact) mass is 765 g/mol. The Balaban J connectivity index is 1.19. The first-order valence-electron chi connectivity index (χ1n) is 22.9.